The number of amides is 1. The van der Waals surface area contributed by atoms with Crippen molar-refractivity contribution in [2.75, 3.05) is 12.3 Å². The van der Waals surface area contributed by atoms with E-state index < -0.39 is 27.5 Å². The highest BCUT2D eigenvalue weighted by molar-refractivity contribution is 7.92. The molecular weight excluding hydrogens is 294 g/mol. The molecule has 7 heteroatoms. The normalized spacial score (nSPS) is 14.7. The van der Waals surface area contributed by atoms with Crippen LogP contribution >= 0.6 is 0 Å². The minimum Gasteiger partial charge on any atom is -0.478 e. The van der Waals surface area contributed by atoms with Crippen molar-refractivity contribution in [1.29, 1.82) is 0 Å². The first-order valence-corrected chi connectivity index (χ1v) is 8.36. The Balaban J connectivity index is 2.19. The van der Waals surface area contributed by atoms with Gasteiger partial charge < -0.3 is 10.0 Å². The molecule has 114 valence electrons. The van der Waals surface area contributed by atoms with Crippen LogP contribution in [0, 0.1) is 0 Å². The molecule has 0 saturated heterocycles. The van der Waals surface area contributed by atoms with Crippen LogP contribution in [0.4, 0.5) is 0 Å². The predicted octanol–water partition coefficient (Wildman–Crippen LogP) is 1.17. The SMILES string of the molecule is CCN(C(=O)CS(=O)(=O)c1cccc(C(=O)O)c1)C1CC1. The van der Waals surface area contributed by atoms with Crippen LogP contribution < -0.4 is 0 Å². The lowest BCUT2D eigenvalue weighted by Crippen LogP contribution is -2.37. The van der Waals surface area contributed by atoms with Crippen LogP contribution in [-0.4, -0.2) is 48.6 Å². The lowest BCUT2D eigenvalue weighted by atomic mass is 10.2. The number of nitrogens with zero attached hydrogens (tertiary/aromatic N) is 1. The lowest BCUT2D eigenvalue weighted by molar-refractivity contribution is -0.128. The number of benzene rings is 1. The van der Waals surface area contributed by atoms with Crippen molar-refractivity contribution in [3.05, 3.63) is 29.8 Å². The van der Waals surface area contributed by atoms with Gasteiger partial charge in [0.05, 0.1) is 10.5 Å². The minimum atomic E-state index is -3.83. The first-order chi connectivity index (χ1) is 9.85. The molecule has 1 fully saturated rings. The fraction of sp³-hybridized carbons (Fsp3) is 0.429. The van der Waals surface area contributed by atoms with E-state index in [1.165, 1.54) is 18.2 Å². The molecule has 0 aliphatic heterocycles. The van der Waals surface area contributed by atoms with Crippen molar-refractivity contribution in [3.8, 4) is 0 Å². The van der Waals surface area contributed by atoms with Crippen molar-refractivity contribution >= 4 is 21.7 Å². The Morgan fingerprint density at radius 1 is 1.33 bits per heavy atom. The van der Waals surface area contributed by atoms with Crippen LogP contribution in [0.2, 0.25) is 0 Å². The minimum absolute atomic E-state index is 0.113. The van der Waals surface area contributed by atoms with E-state index >= 15 is 0 Å². The van der Waals surface area contributed by atoms with Gasteiger partial charge in [-0.05, 0) is 38.0 Å². The second-order valence-corrected chi connectivity index (χ2v) is 6.99. The molecule has 0 radical (unpaired) electrons. The summed E-state index contributed by atoms with van der Waals surface area (Å²) in [5.41, 5.74) is -0.113. The summed E-state index contributed by atoms with van der Waals surface area (Å²) >= 11 is 0. The predicted molar refractivity (Wildman–Crippen MR) is 75.9 cm³/mol. The van der Waals surface area contributed by atoms with E-state index in [0.717, 1.165) is 18.9 Å². The third kappa shape index (κ3) is 3.60. The molecule has 1 N–H and O–H groups in total. The molecule has 2 rings (SSSR count). The molecule has 0 heterocycles. The number of hydrogen-bond donors (Lipinski definition) is 1. The number of carboxylic acid groups (broad SMARTS) is 1. The number of carbonyl (C=O) groups excluding carboxylic acids is 1. The van der Waals surface area contributed by atoms with Crippen molar-refractivity contribution in [2.24, 2.45) is 0 Å². The average molecular weight is 311 g/mol. The Morgan fingerprint density at radius 3 is 2.52 bits per heavy atom. The lowest BCUT2D eigenvalue weighted by Gasteiger charge is -2.20. The standard InChI is InChI=1S/C14H17NO5S/c1-2-15(11-6-7-11)13(16)9-21(19,20)12-5-3-4-10(8-12)14(17)18/h3-5,8,11H,2,6-7,9H2,1H3,(H,17,18). The number of sulfone groups is 1. The van der Waals surface area contributed by atoms with Gasteiger partial charge in [0.1, 0.15) is 5.75 Å². The smallest absolute Gasteiger partial charge is 0.335 e. The van der Waals surface area contributed by atoms with E-state index in [-0.39, 0.29) is 16.5 Å². The maximum atomic E-state index is 12.2. The van der Waals surface area contributed by atoms with Crippen molar-refractivity contribution in [3.63, 3.8) is 0 Å². The van der Waals surface area contributed by atoms with Crippen molar-refractivity contribution in [1.82, 2.24) is 4.90 Å². The molecule has 1 aliphatic rings. The van der Waals surface area contributed by atoms with Crippen LogP contribution in [0.25, 0.3) is 0 Å². The molecule has 21 heavy (non-hydrogen) atoms. The van der Waals surface area contributed by atoms with Crippen LogP contribution in [0.1, 0.15) is 30.1 Å². The van der Waals surface area contributed by atoms with Gasteiger partial charge in [0.25, 0.3) is 0 Å². The summed E-state index contributed by atoms with van der Waals surface area (Å²) in [4.78, 5) is 24.4. The van der Waals surface area contributed by atoms with E-state index in [4.69, 9.17) is 5.11 Å². The summed E-state index contributed by atoms with van der Waals surface area (Å²) in [6.45, 7) is 2.29. The Morgan fingerprint density at radius 2 is 2.00 bits per heavy atom. The Bertz CT molecular complexity index is 664. The first kappa shape index (κ1) is 15.5. The second kappa shape index (κ2) is 5.85. The highest BCUT2D eigenvalue weighted by Gasteiger charge is 2.33. The van der Waals surface area contributed by atoms with Gasteiger partial charge in [0.15, 0.2) is 9.84 Å². The molecule has 0 aromatic heterocycles. The van der Waals surface area contributed by atoms with Gasteiger partial charge in [0, 0.05) is 12.6 Å². The van der Waals surface area contributed by atoms with Crippen LogP contribution in [0.3, 0.4) is 0 Å². The van der Waals surface area contributed by atoms with Gasteiger partial charge in [0.2, 0.25) is 5.91 Å². The van der Waals surface area contributed by atoms with Gasteiger partial charge in [-0.3, -0.25) is 4.79 Å². The van der Waals surface area contributed by atoms with Crippen molar-refractivity contribution in [2.45, 2.75) is 30.7 Å². The monoisotopic (exact) mass is 311 g/mol. The van der Waals surface area contributed by atoms with E-state index in [1.54, 1.807) is 4.90 Å². The van der Waals surface area contributed by atoms with E-state index in [2.05, 4.69) is 0 Å². The molecule has 0 spiro atoms. The summed E-state index contributed by atoms with van der Waals surface area (Å²) < 4.78 is 24.5. The van der Waals surface area contributed by atoms with Crippen LogP contribution in [-0.2, 0) is 14.6 Å². The molecule has 0 unspecified atom stereocenters. The topological polar surface area (TPSA) is 91.8 Å². The number of hydrogen-bond acceptors (Lipinski definition) is 4. The van der Waals surface area contributed by atoms with Crippen LogP contribution in [0.15, 0.2) is 29.2 Å². The summed E-state index contributed by atoms with van der Waals surface area (Å²) in [6.07, 6.45) is 1.82. The van der Waals surface area contributed by atoms with Gasteiger partial charge in [-0.15, -0.1) is 0 Å². The number of aromatic carboxylic acids is 1. The molecule has 1 aliphatic carbocycles. The van der Waals surface area contributed by atoms with Gasteiger partial charge in [-0.2, -0.15) is 0 Å². The summed E-state index contributed by atoms with van der Waals surface area (Å²) in [5.74, 6) is -2.26. The number of carboxylic acids is 1. The largest absolute Gasteiger partial charge is 0.478 e. The molecule has 1 aromatic rings. The average Bonchev–Trinajstić information content (AvgIpc) is 3.23. The highest BCUT2D eigenvalue weighted by atomic mass is 32.2. The quantitative estimate of drug-likeness (QED) is 0.851. The summed E-state index contributed by atoms with van der Waals surface area (Å²) in [6, 6.07) is 5.22. The van der Waals surface area contributed by atoms with Gasteiger partial charge in [-0.1, -0.05) is 6.07 Å². The maximum absolute atomic E-state index is 12.2. The van der Waals surface area contributed by atoms with E-state index in [1.807, 2.05) is 6.92 Å². The third-order valence-electron chi connectivity index (χ3n) is 3.40. The fourth-order valence-electron chi connectivity index (χ4n) is 2.18. The Labute approximate surface area is 123 Å². The zero-order chi connectivity index (χ0) is 15.6. The zero-order valence-electron chi connectivity index (χ0n) is 11.7. The Kier molecular flexibility index (Phi) is 4.32. The van der Waals surface area contributed by atoms with Gasteiger partial charge >= 0.3 is 5.97 Å². The fourth-order valence-corrected chi connectivity index (χ4v) is 3.43. The summed E-state index contributed by atoms with van der Waals surface area (Å²) in [5, 5.41) is 8.89. The zero-order valence-corrected chi connectivity index (χ0v) is 12.5. The third-order valence-corrected chi connectivity index (χ3v) is 5.00. The molecule has 0 bridgehead atoms. The number of carbonyl (C=O) groups is 2. The second-order valence-electron chi connectivity index (χ2n) is 5.00. The molecule has 0 atom stereocenters. The summed E-state index contributed by atoms with van der Waals surface area (Å²) in [7, 11) is -3.83. The molecule has 6 nitrogen and oxygen atoms in total. The van der Waals surface area contributed by atoms with Gasteiger partial charge in [-0.25, -0.2) is 13.2 Å². The van der Waals surface area contributed by atoms with Crippen molar-refractivity contribution < 1.29 is 23.1 Å². The molecule has 1 saturated carbocycles. The Hall–Kier alpha value is -1.89. The first-order valence-electron chi connectivity index (χ1n) is 6.70. The highest BCUT2D eigenvalue weighted by Crippen LogP contribution is 2.27. The van der Waals surface area contributed by atoms with E-state index in [0.29, 0.717) is 6.54 Å². The molecular formula is C14H17NO5S. The van der Waals surface area contributed by atoms with Crippen LogP contribution in [0.5, 0.6) is 0 Å². The molecule has 1 amide bonds. The molecule has 1 aromatic carbocycles. The van der Waals surface area contributed by atoms with E-state index in [9.17, 15) is 18.0 Å². The maximum Gasteiger partial charge on any atom is 0.335 e. The number of rotatable bonds is 6.